The minimum Gasteiger partial charge on any atom is -0.493 e. The molecule has 0 saturated heterocycles. The van der Waals surface area contributed by atoms with Crippen LogP contribution in [0.4, 0.5) is 14.5 Å². The number of nitro groups is 1. The highest BCUT2D eigenvalue weighted by molar-refractivity contribution is 5.89. The second kappa shape index (κ2) is 8.00. The summed E-state index contributed by atoms with van der Waals surface area (Å²) in [6, 6.07) is 8.26. The molecule has 0 spiro atoms. The molecule has 0 atom stereocenters. The predicted octanol–water partition coefficient (Wildman–Crippen LogP) is 3.50. The molecule has 0 fully saturated rings. The van der Waals surface area contributed by atoms with E-state index >= 15 is 0 Å². The summed E-state index contributed by atoms with van der Waals surface area (Å²) in [6.45, 7) is 0.270. The van der Waals surface area contributed by atoms with E-state index < -0.39 is 22.4 Å². The molecule has 8 heteroatoms. The van der Waals surface area contributed by atoms with Crippen molar-refractivity contribution in [2.24, 2.45) is 0 Å². The van der Waals surface area contributed by atoms with E-state index in [1.54, 1.807) is 0 Å². The molecular weight excluding hydrogens is 324 g/mol. The Morgan fingerprint density at radius 3 is 2.42 bits per heavy atom. The lowest BCUT2D eigenvalue weighted by Gasteiger charge is -2.07. The van der Waals surface area contributed by atoms with Crippen LogP contribution in [-0.2, 0) is 4.74 Å². The SMILES string of the molecule is O=C(OCCCOc1ccc(F)cc1)c1ccc([N+](=O)[O-])c(F)c1. The number of carbonyl (C=O) groups is 1. The molecule has 0 aromatic heterocycles. The molecule has 0 saturated carbocycles. The molecule has 0 N–H and O–H groups in total. The number of esters is 1. The molecule has 6 nitrogen and oxygen atoms in total. The summed E-state index contributed by atoms with van der Waals surface area (Å²) in [5.74, 6) is -1.77. The van der Waals surface area contributed by atoms with Crippen LogP contribution < -0.4 is 4.74 Å². The first-order chi connectivity index (χ1) is 11.5. The second-order valence-corrected chi connectivity index (χ2v) is 4.72. The minimum absolute atomic E-state index is 0.0264. The third-order valence-electron chi connectivity index (χ3n) is 2.98. The first-order valence-corrected chi connectivity index (χ1v) is 6.97. The maximum atomic E-state index is 13.4. The standard InChI is InChI=1S/C16H13F2NO5/c17-12-3-5-13(6-4-12)23-8-1-9-24-16(20)11-2-7-15(19(21)22)14(18)10-11/h2-7,10H,1,8-9H2. The van der Waals surface area contributed by atoms with Crippen molar-refractivity contribution in [2.75, 3.05) is 13.2 Å². The number of nitro benzene ring substituents is 1. The molecule has 0 bridgehead atoms. The van der Waals surface area contributed by atoms with Crippen LogP contribution in [0.3, 0.4) is 0 Å². The van der Waals surface area contributed by atoms with Crippen LogP contribution in [0.1, 0.15) is 16.8 Å². The molecule has 0 radical (unpaired) electrons. The molecule has 24 heavy (non-hydrogen) atoms. The van der Waals surface area contributed by atoms with Crippen molar-refractivity contribution in [3.05, 3.63) is 69.8 Å². The maximum absolute atomic E-state index is 13.4. The first kappa shape index (κ1) is 17.3. The van der Waals surface area contributed by atoms with E-state index in [1.165, 1.54) is 24.3 Å². The molecular formula is C16H13F2NO5. The molecule has 0 unspecified atom stereocenters. The van der Waals surface area contributed by atoms with Gasteiger partial charge in [-0.3, -0.25) is 10.1 Å². The molecule has 0 heterocycles. The lowest BCUT2D eigenvalue weighted by molar-refractivity contribution is -0.387. The number of rotatable bonds is 7. The third-order valence-corrected chi connectivity index (χ3v) is 2.98. The van der Waals surface area contributed by atoms with Crippen molar-refractivity contribution in [2.45, 2.75) is 6.42 Å². The molecule has 0 aliphatic carbocycles. The predicted molar refractivity (Wildman–Crippen MR) is 79.8 cm³/mol. The number of carbonyl (C=O) groups excluding carboxylic acids is 1. The van der Waals surface area contributed by atoms with Crippen molar-refractivity contribution < 1.29 is 28.0 Å². The van der Waals surface area contributed by atoms with Crippen LogP contribution in [0.5, 0.6) is 5.75 Å². The third kappa shape index (κ3) is 4.73. The average molecular weight is 337 g/mol. The summed E-state index contributed by atoms with van der Waals surface area (Å²) in [5.41, 5.74) is -0.822. The molecule has 126 valence electrons. The Bertz CT molecular complexity index is 734. The fraction of sp³-hybridized carbons (Fsp3) is 0.188. The van der Waals surface area contributed by atoms with Gasteiger partial charge in [-0.1, -0.05) is 0 Å². The summed E-state index contributed by atoms with van der Waals surface area (Å²) < 4.78 is 36.4. The molecule has 0 amide bonds. The Balaban J connectivity index is 1.76. The van der Waals surface area contributed by atoms with Crippen molar-refractivity contribution in [3.63, 3.8) is 0 Å². The van der Waals surface area contributed by atoms with Gasteiger partial charge >= 0.3 is 11.7 Å². The van der Waals surface area contributed by atoms with Gasteiger partial charge in [0.15, 0.2) is 0 Å². The number of nitrogens with zero attached hydrogens (tertiary/aromatic N) is 1. The topological polar surface area (TPSA) is 78.7 Å². The fourth-order valence-corrected chi connectivity index (χ4v) is 1.81. The Kier molecular flexibility index (Phi) is 5.78. The number of hydrogen-bond acceptors (Lipinski definition) is 5. The Labute approximate surface area is 135 Å². The Morgan fingerprint density at radius 1 is 1.08 bits per heavy atom. The van der Waals surface area contributed by atoms with Gasteiger partial charge in [0.2, 0.25) is 5.82 Å². The smallest absolute Gasteiger partial charge is 0.338 e. The summed E-state index contributed by atoms with van der Waals surface area (Å²) in [4.78, 5) is 21.3. The zero-order valence-electron chi connectivity index (χ0n) is 12.4. The van der Waals surface area contributed by atoms with E-state index in [0.29, 0.717) is 12.2 Å². The van der Waals surface area contributed by atoms with Crippen LogP contribution in [0.15, 0.2) is 42.5 Å². The lowest BCUT2D eigenvalue weighted by atomic mass is 10.2. The molecule has 0 aliphatic rings. The number of ether oxygens (including phenoxy) is 2. The van der Waals surface area contributed by atoms with E-state index in [-0.39, 0.29) is 24.6 Å². The molecule has 2 rings (SSSR count). The maximum Gasteiger partial charge on any atom is 0.338 e. The van der Waals surface area contributed by atoms with Gasteiger partial charge in [0.05, 0.1) is 23.7 Å². The molecule has 2 aromatic rings. The Morgan fingerprint density at radius 2 is 1.79 bits per heavy atom. The number of hydrogen-bond donors (Lipinski definition) is 0. The van der Waals surface area contributed by atoms with Gasteiger partial charge in [-0.25, -0.2) is 9.18 Å². The first-order valence-electron chi connectivity index (χ1n) is 6.97. The van der Waals surface area contributed by atoms with Gasteiger partial charge in [0.1, 0.15) is 11.6 Å². The highest BCUT2D eigenvalue weighted by Crippen LogP contribution is 2.18. The monoisotopic (exact) mass is 337 g/mol. The highest BCUT2D eigenvalue weighted by Gasteiger charge is 2.17. The lowest BCUT2D eigenvalue weighted by Crippen LogP contribution is -2.10. The summed E-state index contributed by atoms with van der Waals surface area (Å²) in [6.07, 6.45) is 0.374. The number of halogens is 2. The summed E-state index contributed by atoms with van der Waals surface area (Å²) in [5, 5.41) is 10.5. The van der Waals surface area contributed by atoms with Crippen LogP contribution >= 0.6 is 0 Å². The molecule has 0 aliphatic heterocycles. The largest absolute Gasteiger partial charge is 0.493 e. The minimum atomic E-state index is -1.10. The van der Waals surface area contributed by atoms with E-state index in [2.05, 4.69) is 0 Å². The zero-order chi connectivity index (χ0) is 17.5. The number of benzene rings is 2. The quantitative estimate of drug-likeness (QED) is 0.334. The van der Waals surface area contributed by atoms with Gasteiger partial charge < -0.3 is 9.47 Å². The van der Waals surface area contributed by atoms with Crippen molar-refractivity contribution in [1.82, 2.24) is 0 Å². The van der Waals surface area contributed by atoms with Crippen LogP contribution in [-0.4, -0.2) is 24.1 Å². The van der Waals surface area contributed by atoms with Crippen molar-refractivity contribution >= 4 is 11.7 Å². The summed E-state index contributed by atoms with van der Waals surface area (Å²) in [7, 11) is 0. The fourth-order valence-electron chi connectivity index (χ4n) is 1.81. The normalized spacial score (nSPS) is 10.2. The summed E-state index contributed by atoms with van der Waals surface area (Å²) >= 11 is 0. The van der Waals surface area contributed by atoms with Crippen LogP contribution in [0, 0.1) is 21.7 Å². The van der Waals surface area contributed by atoms with E-state index in [0.717, 1.165) is 18.2 Å². The van der Waals surface area contributed by atoms with Crippen LogP contribution in [0.2, 0.25) is 0 Å². The Hall–Kier alpha value is -3.03. The van der Waals surface area contributed by atoms with Gasteiger partial charge in [0, 0.05) is 12.5 Å². The van der Waals surface area contributed by atoms with E-state index in [9.17, 15) is 23.7 Å². The highest BCUT2D eigenvalue weighted by atomic mass is 19.1. The molecule has 2 aromatic carbocycles. The van der Waals surface area contributed by atoms with Crippen molar-refractivity contribution in [3.8, 4) is 5.75 Å². The average Bonchev–Trinajstić information content (AvgIpc) is 2.55. The van der Waals surface area contributed by atoms with Crippen LogP contribution in [0.25, 0.3) is 0 Å². The van der Waals surface area contributed by atoms with E-state index in [4.69, 9.17) is 9.47 Å². The van der Waals surface area contributed by atoms with Crippen molar-refractivity contribution in [1.29, 1.82) is 0 Å². The zero-order valence-corrected chi connectivity index (χ0v) is 12.4. The van der Waals surface area contributed by atoms with Gasteiger partial charge in [-0.15, -0.1) is 0 Å². The van der Waals surface area contributed by atoms with Gasteiger partial charge in [-0.05, 0) is 36.4 Å². The van der Waals surface area contributed by atoms with E-state index in [1.807, 2.05) is 0 Å². The van der Waals surface area contributed by atoms with Gasteiger partial charge in [-0.2, -0.15) is 4.39 Å². The second-order valence-electron chi connectivity index (χ2n) is 4.72. The van der Waals surface area contributed by atoms with Gasteiger partial charge in [0.25, 0.3) is 0 Å².